The van der Waals surface area contributed by atoms with Crippen LogP contribution in [-0.2, 0) is 24.8 Å². The number of ether oxygens (including phenoxy) is 2. The fourth-order valence-corrected chi connectivity index (χ4v) is 3.89. The Kier molecular flexibility index (Phi) is 5.18. The highest BCUT2D eigenvalue weighted by Gasteiger charge is 2.47. The summed E-state index contributed by atoms with van der Waals surface area (Å²) >= 11 is 0. The van der Waals surface area contributed by atoms with Gasteiger partial charge in [-0.3, -0.25) is 24.6 Å². The SMILES string of the molecule is O=C1C=C(c2ccccc2)OC2(c3ccc([N+](=O)[O-])cc3)CN1C(=O)C=C(c1ccccc1)O2. The number of nitro benzene ring substituents is 1. The van der Waals surface area contributed by atoms with Crippen molar-refractivity contribution in [2.45, 2.75) is 5.79 Å². The van der Waals surface area contributed by atoms with Crippen LogP contribution >= 0.6 is 0 Å². The lowest BCUT2D eigenvalue weighted by molar-refractivity contribution is -0.384. The quantitative estimate of drug-likeness (QED) is 0.332. The number of imide groups is 1. The van der Waals surface area contributed by atoms with E-state index in [1.54, 1.807) is 48.5 Å². The van der Waals surface area contributed by atoms with E-state index in [-0.39, 0.29) is 23.8 Å². The van der Waals surface area contributed by atoms with E-state index in [4.69, 9.17) is 9.47 Å². The van der Waals surface area contributed by atoms with Crippen molar-refractivity contribution in [2.24, 2.45) is 0 Å². The number of nitro groups is 1. The van der Waals surface area contributed by atoms with E-state index in [9.17, 15) is 19.7 Å². The predicted octanol–water partition coefficient (Wildman–Crippen LogP) is 4.25. The zero-order valence-electron chi connectivity index (χ0n) is 17.8. The maximum Gasteiger partial charge on any atom is 0.296 e. The largest absolute Gasteiger partial charge is 0.446 e. The monoisotopic (exact) mass is 454 g/mol. The molecule has 0 fully saturated rings. The van der Waals surface area contributed by atoms with Gasteiger partial charge in [-0.25, -0.2) is 0 Å². The van der Waals surface area contributed by atoms with Gasteiger partial charge < -0.3 is 9.47 Å². The molecule has 0 spiro atoms. The molecule has 8 heteroatoms. The van der Waals surface area contributed by atoms with E-state index in [2.05, 4.69) is 0 Å². The van der Waals surface area contributed by atoms with Crippen molar-refractivity contribution in [1.29, 1.82) is 0 Å². The molecular weight excluding hydrogens is 436 g/mol. The van der Waals surface area contributed by atoms with E-state index in [1.165, 1.54) is 36.4 Å². The molecule has 34 heavy (non-hydrogen) atoms. The molecule has 2 bridgehead atoms. The topological polar surface area (TPSA) is 99.0 Å². The van der Waals surface area contributed by atoms with Crippen LogP contribution in [0.1, 0.15) is 16.7 Å². The summed E-state index contributed by atoms with van der Waals surface area (Å²) in [4.78, 5) is 38.0. The molecule has 0 saturated carbocycles. The molecule has 2 amide bonds. The number of carbonyl (C=O) groups is 2. The number of fused-ring (bicyclic) bond motifs is 2. The van der Waals surface area contributed by atoms with Crippen molar-refractivity contribution in [3.05, 3.63) is 124 Å². The standard InChI is InChI=1S/C26H18N2O6/c29-24-15-22(18-7-3-1-4-8-18)33-26(20-11-13-21(14-12-20)28(31)32)17-27(24)25(30)16-23(34-26)19-9-5-2-6-10-19/h1-16H,17H2. The predicted molar refractivity (Wildman–Crippen MR) is 123 cm³/mol. The Hall–Kier alpha value is -4.72. The molecule has 0 N–H and O–H groups in total. The number of nitrogens with zero attached hydrogens (tertiary/aromatic N) is 2. The molecule has 0 aliphatic carbocycles. The lowest BCUT2D eigenvalue weighted by Crippen LogP contribution is -2.45. The van der Waals surface area contributed by atoms with Gasteiger partial charge in [0.1, 0.15) is 18.1 Å². The van der Waals surface area contributed by atoms with Gasteiger partial charge in [-0.2, -0.15) is 0 Å². The number of rotatable bonds is 4. The van der Waals surface area contributed by atoms with Gasteiger partial charge in [0.05, 0.1) is 4.92 Å². The average molecular weight is 454 g/mol. The van der Waals surface area contributed by atoms with Crippen molar-refractivity contribution >= 4 is 29.0 Å². The fraction of sp³-hybridized carbons (Fsp3) is 0.0769. The van der Waals surface area contributed by atoms with Crippen molar-refractivity contribution in [3.8, 4) is 0 Å². The Labute approximate surface area is 194 Å². The van der Waals surface area contributed by atoms with E-state index < -0.39 is 22.5 Å². The zero-order valence-corrected chi connectivity index (χ0v) is 17.8. The molecule has 168 valence electrons. The summed E-state index contributed by atoms with van der Waals surface area (Å²) in [6, 6.07) is 23.6. The van der Waals surface area contributed by atoms with Crippen LogP contribution in [0.3, 0.4) is 0 Å². The highest BCUT2D eigenvalue weighted by Crippen LogP contribution is 2.42. The van der Waals surface area contributed by atoms with Gasteiger partial charge in [-0.05, 0) is 12.1 Å². The summed E-state index contributed by atoms with van der Waals surface area (Å²) < 4.78 is 12.8. The Morgan fingerprint density at radius 3 is 1.65 bits per heavy atom. The first kappa shape index (κ1) is 21.1. The van der Waals surface area contributed by atoms with Crippen LogP contribution in [0.5, 0.6) is 0 Å². The van der Waals surface area contributed by atoms with Gasteiger partial charge in [0.25, 0.3) is 23.3 Å². The molecule has 0 saturated heterocycles. The van der Waals surface area contributed by atoms with Crippen LogP contribution in [0.4, 0.5) is 5.69 Å². The summed E-state index contributed by atoms with van der Waals surface area (Å²) in [7, 11) is 0. The van der Waals surface area contributed by atoms with E-state index in [1.807, 2.05) is 12.1 Å². The second kappa shape index (κ2) is 8.32. The van der Waals surface area contributed by atoms with Crippen LogP contribution in [0.2, 0.25) is 0 Å². The molecule has 0 radical (unpaired) electrons. The average Bonchev–Trinajstić information content (AvgIpc) is 3.12. The minimum absolute atomic E-state index is 0.107. The van der Waals surface area contributed by atoms with Crippen molar-refractivity contribution in [1.82, 2.24) is 4.90 Å². The summed E-state index contributed by atoms with van der Waals surface area (Å²) in [6.45, 7) is -0.248. The van der Waals surface area contributed by atoms with Crippen molar-refractivity contribution in [3.63, 3.8) is 0 Å². The number of non-ortho nitro benzene ring substituents is 1. The third kappa shape index (κ3) is 3.81. The Morgan fingerprint density at radius 2 is 1.21 bits per heavy atom. The maximum atomic E-state index is 13.1. The molecule has 0 atom stereocenters. The summed E-state index contributed by atoms with van der Waals surface area (Å²) in [6.07, 6.45) is 2.51. The van der Waals surface area contributed by atoms with E-state index in [0.717, 1.165) is 4.90 Å². The van der Waals surface area contributed by atoms with Crippen LogP contribution in [0, 0.1) is 10.1 Å². The molecule has 0 aromatic heterocycles. The molecule has 2 heterocycles. The van der Waals surface area contributed by atoms with Gasteiger partial charge in [0.15, 0.2) is 0 Å². The van der Waals surface area contributed by atoms with Crippen molar-refractivity contribution in [2.75, 3.05) is 6.54 Å². The van der Waals surface area contributed by atoms with Crippen LogP contribution in [0.15, 0.2) is 97.1 Å². The zero-order chi connectivity index (χ0) is 23.7. The van der Waals surface area contributed by atoms with E-state index >= 15 is 0 Å². The third-order valence-corrected chi connectivity index (χ3v) is 5.59. The summed E-state index contributed by atoms with van der Waals surface area (Å²) in [5.41, 5.74) is 1.54. The fourth-order valence-electron chi connectivity index (χ4n) is 3.89. The first-order chi connectivity index (χ1) is 16.4. The molecular formula is C26H18N2O6. The lowest BCUT2D eigenvalue weighted by atomic mass is 10.0. The Balaban J connectivity index is 1.69. The second-order valence-electron chi connectivity index (χ2n) is 7.77. The number of hydrogen-bond donors (Lipinski definition) is 0. The molecule has 2 aliphatic heterocycles. The smallest absolute Gasteiger partial charge is 0.296 e. The molecule has 3 aromatic rings. The van der Waals surface area contributed by atoms with Gasteiger partial charge in [-0.15, -0.1) is 0 Å². The van der Waals surface area contributed by atoms with Crippen LogP contribution in [0.25, 0.3) is 11.5 Å². The number of amides is 2. The van der Waals surface area contributed by atoms with E-state index in [0.29, 0.717) is 16.7 Å². The Bertz CT molecular complexity index is 1260. The van der Waals surface area contributed by atoms with Gasteiger partial charge >= 0.3 is 0 Å². The highest BCUT2D eigenvalue weighted by molar-refractivity contribution is 6.09. The molecule has 8 nitrogen and oxygen atoms in total. The molecule has 5 rings (SSSR count). The summed E-state index contributed by atoms with van der Waals surface area (Å²) in [5, 5.41) is 11.2. The first-order valence-corrected chi connectivity index (χ1v) is 10.5. The highest BCUT2D eigenvalue weighted by atomic mass is 16.7. The van der Waals surface area contributed by atoms with Gasteiger partial charge in [0, 0.05) is 41.0 Å². The maximum absolute atomic E-state index is 13.1. The number of benzene rings is 3. The lowest BCUT2D eigenvalue weighted by Gasteiger charge is -2.35. The van der Waals surface area contributed by atoms with Crippen LogP contribution < -0.4 is 0 Å². The minimum Gasteiger partial charge on any atom is -0.446 e. The van der Waals surface area contributed by atoms with Crippen LogP contribution in [-0.4, -0.2) is 28.2 Å². The molecule has 0 unspecified atom stereocenters. The summed E-state index contributed by atoms with van der Waals surface area (Å²) in [5.74, 6) is -2.32. The number of hydrogen-bond acceptors (Lipinski definition) is 6. The second-order valence-corrected chi connectivity index (χ2v) is 7.77. The normalized spacial score (nSPS) is 16.9. The minimum atomic E-state index is -1.64. The number of carbonyl (C=O) groups excluding carboxylic acids is 2. The molecule has 2 aliphatic rings. The molecule has 3 aromatic carbocycles. The van der Waals surface area contributed by atoms with Gasteiger partial charge in [0.2, 0.25) is 0 Å². The third-order valence-electron chi connectivity index (χ3n) is 5.59. The first-order valence-electron chi connectivity index (χ1n) is 10.5. The van der Waals surface area contributed by atoms with Gasteiger partial charge in [-0.1, -0.05) is 60.7 Å². The van der Waals surface area contributed by atoms with Crippen molar-refractivity contribution < 1.29 is 24.0 Å². The Morgan fingerprint density at radius 1 is 0.735 bits per heavy atom.